The summed E-state index contributed by atoms with van der Waals surface area (Å²) in [4.78, 5) is 12.1. The topological polar surface area (TPSA) is 43.1 Å². The fraction of sp³-hybridized carbons (Fsp3) is 0. The van der Waals surface area contributed by atoms with Crippen LogP contribution in [0.3, 0.4) is 0 Å². The molecule has 0 saturated heterocycles. The normalized spacial score (nSPS) is 13.9. The van der Waals surface area contributed by atoms with E-state index in [9.17, 15) is 18.8 Å². The molecule has 0 unspecified atom stereocenters. The van der Waals surface area contributed by atoms with E-state index >= 15 is 0 Å². The maximum Gasteiger partial charge on any atom is 0.273 e. The number of carbonyl (C=O) groups is 1. The van der Waals surface area contributed by atoms with E-state index in [2.05, 4.69) is 0 Å². The molecule has 0 saturated carbocycles. The summed E-state index contributed by atoms with van der Waals surface area (Å²) >= 11 is 0. The molecule has 3 nitrogen and oxygen atoms in total. The number of nitrogens with zero attached hydrogens (tertiary/aromatic N) is 1. The van der Waals surface area contributed by atoms with Crippen molar-refractivity contribution in [3.63, 3.8) is 0 Å². The Morgan fingerprint density at radius 1 is 1.00 bits per heavy atom. The zero-order valence-corrected chi connectivity index (χ0v) is 9.56. The van der Waals surface area contributed by atoms with Crippen molar-refractivity contribution in [2.45, 2.75) is 0 Å². The van der Waals surface area contributed by atoms with Crippen molar-refractivity contribution in [1.82, 2.24) is 0 Å². The smallest absolute Gasteiger partial charge is 0.273 e. The van der Waals surface area contributed by atoms with Crippen LogP contribution in [0.25, 0.3) is 0 Å². The Morgan fingerprint density at radius 2 is 1.74 bits per heavy atom. The maximum absolute atomic E-state index is 13.2. The summed E-state index contributed by atoms with van der Waals surface area (Å²) in [5.41, 5.74) is 0.0524. The van der Waals surface area contributed by atoms with Crippen molar-refractivity contribution >= 4 is 17.2 Å². The summed E-state index contributed by atoms with van der Waals surface area (Å²) < 4.78 is 26.7. The molecule has 3 rings (SSSR count). The largest absolute Gasteiger partial charge is 0.618 e. The van der Waals surface area contributed by atoms with Crippen LogP contribution >= 0.6 is 0 Å². The fourth-order valence-corrected chi connectivity index (χ4v) is 2.09. The van der Waals surface area contributed by atoms with Crippen LogP contribution in [0.2, 0.25) is 0 Å². The van der Waals surface area contributed by atoms with Gasteiger partial charge in [-0.15, -0.1) is 0 Å². The Bertz CT molecular complexity index is 738. The molecule has 1 heterocycles. The summed E-state index contributed by atoms with van der Waals surface area (Å²) in [5, 5.41) is 12.0. The highest BCUT2D eigenvalue weighted by molar-refractivity contribution is 6.52. The Kier molecular flexibility index (Phi) is 2.41. The van der Waals surface area contributed by atoms with Gasteiger partial charge in [-0.2, -0.15) is 4.74 Å². The van der Waals surface area contributed by atoms with Gasteiger partial charge in [0.1, 0.15) is 17.2 Å². The summed E-state index contributed by atoms with van der Waals surface area (Å²) in [7, 11) is 0. The van der Waals surface area contributed by atoms with Crippen molar-refractivity contribution in [2.75, 3.05) is 0 Å². The number of hydrogen-bond acceptors (Lipinski definition) is 2. The van der Waals surface area contributed by atoms with E-state index in [1.807, 2.05) is 0 Å². The number of fused-ring (bicyclic) bond motifs is 1. The second-order valence-corrected chi connectivity index (χ2v) is 4.14. The summed E-state index contributed by atoms with van der Waals surface area (Å²) in [5.74, 6) is -1.75. The highest BCUT2D eigenvalue weighted by Crippen LogP contribution is 2.28. The molecule has 0 bridgehead atoms. The molecule has 0 fully saturated rings. The molecule has 2 aromatic rings. The first-order chi connectivity index (χ1) is 9.08. The van der Waals surface area contributed by atoms with Crippen LogP contribution in [0.1, 0.15) is 15.9 Å². The lowest BCUT2D eigenvalue weighted by atomic mass is 10.0. The van der Waals surface area contributed by atoms with Gasteiger partial charge >= 0.3 is 0 Å². The van der Waals surface area contributed by atoms with E-state index in [0.717, 1.165) is 18.2 Å². The number of halogens is 2. The van der Waals surface area contributed by atoms with E-state index in [0.29, 0.717) is 4.74 Å². The number of rotatable bonds is 1. The quantitative estimate of drug-likeness (QED) is 0.583. The standard InChI is InChI=1S/C14H7F2NO2/c15-9-3-1-2-8(6-9)13-14(18)11-7-10(16)4-5-12(11)17(13)19/h1-7H. The molecule has 0 N–H and O–H groups in total. The second kappa shape index (κ2) is 3.98. The Hall–Kier alpha value is -2.56. The van der Waals surface area contributed by atoms with Crippen molar-refractivity contribution in [1.29, 1.82) is 0 Å². The summed E-state index contributed by atoms with van der Waals surface area (Å²) in [6.07, 6.45) is 0. The van der Waals surface area contributed by atoms with Crippen LogP contribution in [0.4, 0.5) is 14.5 Å². The van der Waals surface area contributed by atoms with Gasteiger partial charge in [0.15, 0.2) is 0 Å². The highest BCUT2D eigenvalue weighted by Gasteiger charge is 2.36. The van der Waals surface area contributed by atoms with Gasteiger partial charge in [-0.25, -0.2) is 8.78 Å². The van der Waals surface area contributed by atoms with Crippen LogP contribution in [-0.4, -0.2) is 16.2 Å². The molecule has 1 aliphatic heterocycles. The minimum Gasteiger partial charge on any atom is -0.618 e. The first-order valence-electron chi connectivity index (χ1n) is 5.52. The average molecular weight is 259 g/mol. The van der Waals surface area contributed by atoms with E-state index in [4.69, 9.17) is 0 Å². The molecular weight excluding hydrogens is 252 g/mol. The Morgan fingerprint density at radius 3 is 2.47 bits per heavy atom. The first kappa shape index (κ1) is 11.5. The third kappa shape index (κ3) is 1.71. The number of carbonyl (C=O) groups excluding carboxylic acids is 1. The predicted molar refractivity (Wildman–Crippen MR) is 64.5 cm³/mol. The average Bonchev–Trinajstić information content (AvgIpc) is 2.61. The molecule has 2 aromatic carbocycles. The van der Waals surface area contributed by atoms with Crippen LogP contribution in [0.5, 0.6) is 0 Å². The van der Waals surface area contributed by atoms with Gasteiger partial charge < -0.3 is 5.21 Å². The highest BCUT2D eigenvalue weighted by atomic mass is 19.1. The molecule has 0 atom stereocenters. The van der Waals surface area contributed by atoms with Crippen molar-refractivity contribution in [2.24, 2.45) is 0 Å². The Balaban J connectivity index is 2.20. The zero-order valence-electron chi connectivity index (χ0n) is 9.56. The SMILES string of the molecule is O=C1C(c2cccc(F)c2)=[N+]([O-])c2ccc(F)cc21. The van der Waals surface area contributed by atoms with Gasteiger partial charge in [0.2, 0.25) is 5.69 Å². The van der Waals surface area contributed by atoms with Crippen molar-refractivity contribution < 1.29 is 18.3 Å². The molecular formula is C14H7F2NO2. The summed E-state index contributed by atoms with van der Waals surface area (Å²) in [6, 6.07) is 8.53. The first-order valence-corrected chi connectivity index (χ1v) is 5.52. The molecule has 1 aliphatic rings. The van der Waals surface area contributed by atoms with Gasteiger partial charge in [-0.3, -0.25) is 4.79 Å². The third-order valence-corrected chi connectivity index (χ3v) is 2.94. The number of hydrogen-bond donors (Lipinski definition) is 0. The molecule has 0 spiro atoms. The predicted octanol–water partition coefficient (Wildman–Crippen LogP) is 2.79. The van der Waals surface area contributed by atoms with Gasteiger partial charge in [0.25, 0.3) is 11.5 Å². The number of Topliss-reactive ketones (excluding diaryl/α,β-unsaturated/α-hetero) is 1. The monoisotopic (exact) mass is 259 g/mol. The lowest BCUT2D eigenvalue weighted by Crippen LogP contribution is -2.16. The Labute approximate surface area is 107 Å². The molecule has 0 radical (unpaired) electrons. The lowest BCUT2D eigenvalue weighted by molar-refractivity contribution is -0.355. The lowest BCUT2D eigenvalue weighted by Gasteiger charge is -2.01. The molecule has 94 valence electrons. The molecule has 0 aromatic heterocycles. The third-order valence-electron chi connectivity index (χ3n) is 2.94. The minimum atomic E-state index is -0.602. The van der Waals surface area contributed by atoms with E-state index in [1.165, 1.54) is 24.3 Å². The second-order valence-electron chi connectivity index (χ2n) is 4.14. The zero-order chi connectivity index (χ0) is 13.6. The van der Waals surface area contributed by atoms with E-state index in [-0.39, 0.29) is 22.5 Å². The maximum atomic E-state index is 13.2. The molecule has 0 aliphatic carbocycles. The van der Waals surface area contributed by atoms with E-state index in [1.54, 1.807) is 0 Å². The van der Waals surface area contributed by atoms with Gasteiger partial charge in [-0.05, 0) is 30.3 Å². The minimum absolute atomic E-state index is 0.00531. The van der Waals surface area contributed by atoms with Crippen LogP contribution in [0, 0.1) is 16.8 Å². The van der Waals surface area contributed by atoms with Gasteiger partial charge in [0.05, 0.1) is 5.56 Å². The molecule has 0 amide bonds. The summed E-state index contributed by atoms with van der Waals surface area (Å²) in [6.45, 7) is 0. The van der Waals surface area contributed by atoms with Crippen LogP contribution in [0.15, 0.2) is 42.5 Å². The van der Waals surface area contributed by atoms with Gasteiger partial charge in [-0.1, -0.05) is 6.07 Å². The molecule has 19 heavy (non-hydrogen) atoms. The number of ketones is 1. The van der Waals surface area contributed by atoms with Crippen LogP contribution in [-0.2, 0) is 0 Å². The fourth-order valence-electron chi connectivity index (χ4n) is 2.09. The van der Waals surface area contributed by atoms with E-state index < -0.39 is 17.4 Å². The van der Waals surface area contributed by atoms with Crippen molar-refractivity contribution in [3.05, 3.63) is 70.4 Å². The molecule has 5 heteroatoms. The van der Waals surface area contributed by atoms with Gasteiger partial charge in [0, 0.05) is 6.07 Å². The van der Waals surface area contributed by atoms with Crippen LogP contribution < -0.4 is 0 Å². The number of benzene rings is 2. The van der Waals surface area contributed by atoms with Crippen molar-refractivity contribution in [3.8, 4) is 0 Å².